The number of Topliss-reactive ketones (excluding diaryl/α,β-unsaturated/α-hetero) is 1. The summed E-state index contributed by atoms with van der Waals surface area (Å²) in [6.45, 7) is 2.87. The molecule has 0 aliphatic carbocycles. The van der Waals surface area contributed by atoms with E-state index in [1.165, 1.54) is 4.90 Å². The molecule has 1 atom stereocenters. The molecule has 0 spiro atoms. The van der Waals surface area contributed by atoms with Crippen LogP contribution in [0.25, 0.3) is 5.76 Å². The number of benzene rings is 2. The first kappa shape index (κ1) is 23.5. The number of unbranched alkanes of at least 4 members (excludes halogenated alkanes) is 1. The lowest BCUT2D eigenvalue weighted by Crippen LogP contribution is -2.29. The molecule has 0 bridgehead atoms. The summed E-state index contributed by atoms with van der Waals surface area (Å²) in [7, 11) is 0. The van der Waals surface area contributed by atoms with Crippen molar-refractivity contribution in [2.45, 2.75) is 32.4 Å². The molecule has 34 heavy (non-hydrogen) atoms. The van der Waals surface area contributed by atoms with E-state index in [0.29, 0.717) is 28.5 Å². The lowest BCUT2D eigenvalue weighted by molar-refractivity contribution is -0.140. The summed E-state index contributed by atoms with van der Waals surface area (Å²) in [4.78, 5) is 31.8. The number of ketones is 1. The van der Waals surface area contributed by atoms with Crippen LogP contribution in [0.15, 0.2) is 78.6 Å². The summed E-state index contributed by atoms with van der Waals surface area (Å²) in [6, 6.07) is 16.6. The summed E-state index contributed by atoms with van der Waals surface area (Å²) < 4.78 is 5.68. The second kappa shape index (κ2) is 10.5. The minimum absolute atomic E-state index is 0.0378. The van der Waals surface area contributed by atoms with Crippen molar-refractivity contribution < 1.29 is 19.4 Å². The highest BCUT2D eigenvalue weighted by Gasteiger charge is 2.46. The first-order valence-electron chi connectivity index (χ1n) is 11.2. The van der Waals surface area contributed by atoms with Gasteiger partial charge < -0.3 is 14.7 Å². The molecule has 6 nitrogen and oxygen atoms in total. The number of ether oxygens (including phenoxy) is 1. The number of carbonyl (C=O) groups is 2. The summed E-state index contributed by atoms with van der Waals surface area (Å²) >= 11 is 6.07. The number of carbonyl (C=O) groups excluding carboxylic acids is 2. The molecule has 1 amide bonds. The Balaban J connectivity index is 1.74. The summed E-state index contributed by atoms with van der Waals surface area (Å²) in [5, 5.41) is 11.7. The molecular formula is C27H25ClN2O4. The van der Waals surface area contributed by atoms with Gasteiger partial charge in [-0.05, 0) is 60.0 Å². The van der Waals surface area contributed by atoms with Crippen LogP contribution in [0.4, 0.5) is 0 Å². The minimum atomic E-state index is -0.766. The maximum absolute atomic E-state index is 13.1. The van der Waals surface area contributed by atoms with Gasteiger partial charge >= 0.3 is 0 Å². The van der Waals surface area contributed by atoms with Gasteiger partial charge in [0, 0.05) is 29.5 Å². The zero-order valence-corrected chi connectivity index (χ0v) is 19.5. The van der Waals surface area contributed by atoms with Crippen LogP contribution in [-0.4, -0.2) is 33.3 Å². The highest BCUT2D eigenvalue weighted by atomic mass is 35.5. The summed E-state index contributed by atoms with van der Waals surface area (Å²) in [6.07, 6.45) is 5.27. The van der Waals surface area contributed by atoms with Crippen LogP contribution >= 0.6 is 11.6 Å². The second-order valence-electron chi connectivity index (χ2n) is 8.07. The molecule has 0 radical (unpaired) electrons. The first-order valence-corrected chi connectivity index (χ1v) is 11.5. The fraction of sp³-hybridized carbons (Fsp3) is 0.222. The Labute approximate surface area is 203 Å². The molecule has 174 valence electrons. The van der Waals surface area contributed by atoms with Crippen LogP contribution < -0.4 is 4.74 Å². The molecule has 4 rings (SSSR count). The Morgan fingerprint density at radius 2 is 1.82 bits per heavy atom. The van der Waals surface area contributed by atoms with E-state index in [1.54, 1.807) is 67.0 Å². The number of pyridine rings is 1. The average Bonchev–Trinajstić information content (AvgIpc) is 3.10. The van der Waals surface area contributed by atoms with Gasteiger partial charge in [0.15, 0.2) is 0 Å². The zero-order valence-electron chi connectivity index (χ0n) is 18.8. The Kier molecular flexibility index (Phi) is 7.28. The van der Waals surface area contributed by atoms with Crippen molar-refractivity contribution in [1.29, 1.82) is 0 Å². The highest BCUT2D eigenvalue weighted by molar-refractivity contribution is 6.46. The van der Waals surface area contributed by atoms with Gasteiger partial charge in [0.1, 0.15) is 11.5 Å². The monoisotopic (exact) mass is 476 g/mol. The van der Waals surface area contributed by atoms with Crippen molar-refractivity contribution in [3.8, 4) is 5.75 Å². The maximum atomic E-state index is 13.1. The molecule has 1 aromatic heterocycles. The number of likely N-dealkylation sites (tertiary alicyclic amines) is 1. The van der Waals surface area contributed by atoms with Crippen molar-refractivity contribution in [3.05, 3.63) is 100 Å². The Morgan fingerprint density at radius 1 is 1.09 bits per heavy atom. The van der Waals surface area contributed by atoms with E-state index < -0.39 is 17.7 Å². The predicted molar refractivity (Wildman–Crippen MR) is 130 cm³/mol. The van der Waals surface area contributed by atoms with Crippen molar-refractivity contribution >= 4 is 29.1 Å². The Hall–Kier alpha value is -3.64. The van der Waals surface area contributed by atoms with Crippen LogP contribution in [0.2, 0.25) is 5.02 Å². The molecule has 1 aliphatic rings. The van der Waals surface area contributed by atoms with Crippen LogP contribution in [0.3, 0.4) is 0 Å². The van der Waals surface area contributed by atoms with Crippen LogP contribution in [-0.2, 0) is 16.1 Å². The van der Waals surface area contributed by atoms with Crippen LogP contribution in [0, 0.1) is 0 Å². The van der Waals surface area contributed by atoms with E-state index in [-0.39, 0.29) is 17.9 Å². The third-order valence-corrected chi connectivity index (χ3v) is 5.95. The average molecular weight is 477 g/mol. The van der Waals surface area contributed by atoms with Crippen molar-refractivity contribution in [2.24, 2.45) is 0 Å². The lowest BCUT2D eigenvalue weighted by atomic mass is 9.95. The number of rotatable bonds is 8. The van der Waals surface area contributed by atoms with E-state index in [1.807, 2.05) is 6.07 Å². The fourth-order valence-electron chi connectivity index (χ4n) is 3.92. The molecular weight excluding hydrogens is 452 g/mol. The second-order valence-corrected chi connectivity index (χ2v) is 8.50. The van der Waals surface area contributed by atoms with E-state index in [2.05, 4.69) is 11.9 Å². The van der Waals surface area contributed by atoms with Gasteiger partial charge in [-0.25, -0.2) is 0 Å². The number of nitrogens with zero attached hydrogens (tertiary/aromatic N) is 2. The normalized spacial score (nSPS) is 17.2. The quantitative estimate of drug-likeness (QED) is 0.200. The third kappa shape index (κ3) is 4.97. The number of halogens is 1. The standard InChI is InChI=1S/C27H25ClN2O4/c1-2-3-15-34-22-12-8-20(9-13-22)25(31)23-24(19-6-10-21(28)11-7-19)30(27(33)26(23)32)17-18-5-4-14-29-16-18/h4-14,16,24,31H,2-3,15,17H2,1H3/b25-23+. The van der Waals surface area contributed by atoms with Gasteiger partial charge in [-0.1, -0.05) is 43.1 Å². The SMILES string of the molecule is CCCCOc1ccc(/C(O)=C2\C(=O)C(=O)N(Cc3cccnc3)C2c2ccc(Cl)cc2)cc1. The van der Waals surface area contributed by atoms with Crippen molar-refractivity contribution in [2.75, 3.05) is 6.61 Å². The summed E-state index contributed by atoms with van der Waals surface area (Å²) in [5.41, 5.74) is 1.92. The van der Waals surface area contributed by atoms with Gasteiger partial charge in [0.05, 0.1) is 18.2 Å². The van der Waals surface area contributed by atoms with Gasteiger partial charge in [-0.15, -0.1) is 0 Å². The lowest BCUT2D eigenvalue weighted by Gasteiger charge is -2.25. The molecule has 0 saturated carbocycles. The molecule has 3 aromatic rings. The molecule has 1 unspecified atom stereocenters. The number of hydrogen-bond acceptors (Lipinski definition) is 5. The largest absolute Gasteiger partial charge is 0.507 e. The van der Waals surface area contributed by atoms with E-state index >= 15 is 0 Å². The van der Waals surface area contributed by atoms with Crippen molar-refractivity contribution in [3.63, 3.8) is 0 Å². The smallest absolute Gasteiger partial charge is 0.295 e. The maximum Gasteiger partial charge on any atom is 0.295 e. The minimum Gasteiger partial charge on any atom is -0.507 e. The van der Waals surface area contributed by atoms with E-state index in [0.717, 1.165) is 18.4 Å². The predicted octanol–water partition coefficient (Wildman–Crippen LogP) is 5.54. The third-order valence-electron chi connectivity index (χ3n) is 5.70. The molecule has 1 aliphatic heterocycles. The molecule has 1 fully saturated rings. The highest BCUT2D eigenvalue weighted by Crippen LogP contribution is 2.40. The molecule has 1 N–H and O–H groups in total. The van der Waals surface area contributed by atoms with Crippen LogP contribution in [0.1, 0.15) is 42.5 Å². The topological polar surface area (TPSA) is 79.7 Å². The van der Waals surface area contributed by atoms with Crippen LogP contribution in [0.5, 0.6) is 5.75 Å². The Bertz CT molecular complexity index is 1190. The fourth-order valence-corrected chi connectivity index (χ4v) is 4.05. The number of amides is 1. The number of hydrogen-bond donors (Lipinski definition) is 1. The molecule has 2 aromatic carbocycles. The van der Waals surface area contributed by atoms with Gasteiger partial charge in [-0.3, -0.25) is 14.6 Å². The van der Waals surface area contributed by atoms with E-state index in [9.17, 15) is 14.7 Å². The first-order chi connectivity index (χ1) is 16.5. The molecule has 2 heterocycles. The number of aliphatic hydroxyl groups is 1. The van der Waals surface area contributed by atoms with Gasteiger partial charge in [0.25, 0.3) is 11.7 Å². The number of aromatic nitrogens is 1. The number of aliphatic hydroxyl groups excluding tert-OH is 1. The molecule has 7 heteroatoms. The van der Waals surface area contributed by atoms with Crippen molar-refractivity contribution in [1.82, 2.24) is 9.88 Å². The molecule has 1 saturated heterocycles. The van der Waals surface area contributed by atoms with Gasteiger partial charge in [-0.2, -0.15) is 0 Å². The Morgan fingerprint density at radius 3 is 2.47 bits per heavy atom. The zero-order chi connectivity index (χ0) is 24.1. The van der Waals surface area contributed by atoms with E-state index in [4.69, 9.17) is 16.3 Å². The van der Waals surface area contributed by atoms with Gasteiger partial charge in [0.2, 0.25) is 0 Å². The summed E-state index contributed by atoms with van der Waals surface area (Å²) in [5.74, 6) is -0.960.